The van der Waals surface area contributed by atoms with Gasteiger partial charge in [0.15, 0.2) is 0 Å². The zero-order valence-electron chi connectivity index (χ0n) is 6.33. The van der Waals surface area contributed by atoms with E-state index in [1.165, 1.54) is 0 Å². The molecule has 0 nitrogen and oxygen atoms in total. The van der Waals surface area contributed by atoms with Gasteiger partial charge >= 0.3 is 0 Å². The second-order valence-corrected chi connectivity index (χ2v) is 3.31. The van der Waals surface area contributed by atoms with Gasteiger partial charge in [-0.05, 0) is 33.6 Å². The van der Waals surface area contributed by atoms with Gasteiger partial charge in [0.2, 0.25) is 6.43 Å². The molecule has 0 aliphatic carbocycles. The number of hydrogen-bond acceptors (Lipinski definition) is 0. The van der Waals surface area contributed by atoms with Gasteiger partial charge in [-0.15, -0.1) is 0 Å². The second-order valence-electron chi connectivity index (χ2n) is 2.45. The molecule has 0 amide bonds. The van der Waals surface area contributed by atoms with Gasteiger partial charge in [0, 0.05) is 6.42 Å². The third-order valence-corrected chi connectivity index (χ3v) is 2.07. The molecule has 13 heavy (non-hydrogen) atoms. The lowest BCUT2D eigenvalue weighted by atomic mass is 10.1. The van der Waals surface area contributed by atoms with Crippen LogP contribution in [-0.2, 0) is 6.42 Å². The summed E-state index contributed by atoms with van der Waals surface area (Å²) < 4.78 is 49.2. The van der Waals surface area contributed by atoms with Gasteiger partial charge in [0.25, 0.3) is 0 Å². The van der Waals surface area contributed by atoms with Gasteiger partial charge in [-0.2, -0.15) is 0 Å². The predicted molar refractivity (Wildman–Crippen MR) is 43.8 cm³/mol. The fourth-order valence-corrected chi connectivity index (χ4v) is 1.20. The van der Waals surface area contributed by atoms with Crippen molar-refractivity contribution in [1.82, 2.24) is 0 Å². The van der Waals surface area contributed by atoms with Gasteiger partial charge in [0.1, 0.15) is 11.6 Å². The quantitative estimate of drug-likeness (QED) is 0.561. The Morgan fingerprint density at radius 3 is 2.31 bits per heavy atom. The van der Waals surface area contributed by atoms with Crippen LogP contribution >= 0.6 is 15.9 Å². The first-order valence-electron chi connectivity index (χ1n) is 3.42. The fraction of sp³-hybridized carbons (Fsp3) is 0.250. The summed E-state index contributed by atoms with van der Waals surface area (Å²) in [6, 6.07) is 1.61. The van der Waals surface area contributed by atoms with Crippen molar-refractivity contribution in [3.63, 3.8) is 0 Å². The molecule has 1 aromatic carbocycles. The summed E-state index contributed by atoms with van der Waals surface area (Å²) in [6.07, 6.45) is -3.44. The van der Waals surface area contributed by atoms with Crippen molar-refractivity contribution < 1.29 is 17.6 Å². The maximum atomic E-state index is 12.9. The summed E-state index contributed by atoms with van der Waals surface area (Å²) in [6.45, 7) is 0. The van der Waals surface area contributed by atoms with Crippen molar-refractivity contribution in [2.24, 2.45) is 0 Å². The molecule has 1 aromatic rings. The van der Waals surface area contributed by atoms with Crippen LogP contribution < -0.4 is 0 Å². The molecule has 0 saturated carbocycles. The largest absolute Gasteiger partial charge is 0.242 e. The van der Waals surface area contributed by atoms with Gasteiger partial charge < -0.3 is 0 Å². The first kappa shape index (κ1) is 10.5. The second kappa shape index (κ2) is 4.09. The first-order valence-corrected chi connectivity index (χ1v) is 4.21. The topological polar surface area (TPSA) is 0 Å². The molecule has 0 bridgehead atoms. The smallest absolute Gasteiger partial charge is 0.210 e. The Bertz CT molecular complexity index is 311. The highest BCUT2D eigenvalue weighted by Gasteiger charge is 2.12. The van der Waals surface area contributed by atoms with E-state index in [2.05, 4.69) is 15.9 Å². The van der Waals surface area contributed by atoms with Crippen LogP contribution in [-0.4, -0.2) is 6.43 Å². The van der Waals surface area contributed by atoms with Crippen molar-refractivity contribution >= 4 is 15.9 Å². The number of hydrogen-bond donors (Lipinski definition) is 0. The molecule has 1 rings (SSSR count). The highest BCUT2D eigenvalue weighted by Crippen LogP contribution is 2.21. The summed E-state index contributed by atoms with van der Waals surface area (Å²) in [7, 11) is 0. The van der Waals surface area contributed by atoms with Crippen LogP contribution in [0.5, 0.6) is 0 Å². The van der Waals surface area contributed by atoms with E-state index in [4.69, 9.17) is 0 Å². The standard InChI is InChI=1S/C8H5BrF4/c9-5-3-6(10)4(1-7(5)11)2-8(12)13/h1,3,8H,2H2. The van der Waals surface area contributed by atoms with E-state index >= 15 is 0 Å². The minimum Gasteiger partial charge on any atom is -0.210 e. The Hall–Kier alpha value is -0.580. The van der Waals surface area contributed by atoms with Gasteiger partial charge in [-0.1, -0.05) is 0 Å². The summed E-state index contributed by atoms with van der Waals surface area (Å²) >= 11 is 2.74. The van der Waals surface area contributed by atoms with Crippen LogP contribution in [0.1, 0.15) is 5.56 Å². The van der Waals surface area contributed by atoms with Crippen molar-refractivity contribution in [1.29, 1.82) is 0 Å². The van der Waals surface area contributed by atoms with Crippen LogP contribution in [0.4, 0.5) is 17.6 Å². The minimum atomic E-state index is -2.67. The van der Waals surface area contributed by atoms with Gasteiger partial charge in [-0.3, -0.25) is 0 Å². The van der Waals surface area contributed by atoms with Gasteiger partial charge in [0.05, 0.1) is 4.47 Å². The van der Waals surface area contributed by atoms with Crippen LogP contribution in [0.15, 0.2) is 16.6 Å². The molecule has 0 aromatic heterocycles. The van der Waals surface area contributed by atoms with E-state index < -0.39 is 24.5 Å². The van der Waals surface area contributed by atoms with Crippen molar-refractivity contribution in [2.75, 3.05) is 0 Å². The average molecular weight is 257 g/mol. The van der Waals surface area contributed by atoms with Crippen molar-refractivity contribution in [3.8, 4) is 0 Å². The molecule has 0 heterocycles. The highest BCUT2D eigenvalue weighted by atomic mass is 79.9. The van der Waals surface area contributed by atoms with Gasteiger partial charge in [-0.25, -0.2) is 17.6 Å². The number of benzene rings is 1. The van der Waals surface area contributed by atoms with E-state index in [0.29, 0.717) is 0 Å². The summed E-state index contributed by atoms with van der Waals surface area (Å²) in [4.78, 5) is 0. The maximum Gasteiger partial charge on any atom is 0.242 e. The molecular weight excluding hydrogens is 252 g/mol. The Kier molecular flexibility index (Phi) is 3.30. The normalized spacial score (nSPS) is 10.9. The molecular formula is C8H5BrF4. The Morgan fingerprint density at radius 2 is 1.77 bits per heavy atom. The van der Waals surface area contributed by atoms with Crippen LogP contribution in [0.3, 0.4) is 0 Å². The molecule has 0 unspecified atom stereocenters. The van der Waals surface area contributed by atoms with E-state index in [1.807, 2.05) is 0 Å². The third-order valence-electron chi connectivity index (χ3n) is 1.46. The summed E-state index contributed by atoms with van der Waals surface area (Å²) in [5, 5.41) is 0. The van der Waals surface area contributed by atoms with Crippen LogP contribution in [0, 0.1) is 11.6 Å². The number of alkyl halides is 2. The summed E-state index contributed by atoms with van der Waals surface area (Å²) in [5.74, 6) is -1.56. The first-order chi connectivity index (χ1) is 6.00. The fourth-order valence-electron chi connectivity index (χ4n) is 0.886. The SMILES string of the molecule is Fc1cc(CC(F)F)c(F)cc1Br. The van der Waals surface area contributed by atoms with Crippen LogP contribution in [0.2, 0.25) is 0 Å². The zero-order chi connectivity index (χ0) is 10.0. The zero-order valence-corrected chi connectivity index (χ0v) is 7.91. The van der Waals surface area contributed by atoms with Crippen molar-refractivity contribution in [3.05, 3.63) is 33.8 Å². The van der Waals surface area contributed by atoms with E-state index in [-0.39, 0.29) is 10.0 Å². The number of halogens is 5. The molecule has 0 aliphatic heterocycles. The molecule has 5 heteroatoms. The summed E-state index contributed by atoms with van der Waals surface area (Å²) in [5.41, 5.74) is -0.310. The third kappa shape index (κ3) is 2.69. The van der Waals surface area contributed by atoms with E-state index in [1.54, 1.807) is 0 Å². The lowest BCUT2D eigenvalue weighted by molar-refractivity contribution is 0.147. The lowest BCUT2D eigenvalue weighted by Gasteiger charge is -2.03. The Labute approximate surface area is 80.7 Å². The molecule has 0 radical (unpaired) electrons. The molecule has 72 valence electrons. The van der Waals surface area contributed by atoms with E-state index in [0.717, 1.165) is 12.1 Å². The predicted octanol–water partition coefficient (Wildman–Crippen LogP) is 3.53. The average Bonchev–Trinajstić information content (AvgIpc) is 1.99. The van der Waals surface area contributed by atoms with E-state index in [9.17, 15) is 17.6 Å². The molecule has 0 saturated heterocycles. The highest BCUT2D eigenvalue weighted by molar-refractivity contribution is 9.10. The molecule has 0 spiro atoms. The minimum absolute atomic E-state index is 0.0667. The molecule has 0 aliphatic rings. The van der Waals surface area contributed by atoms with Crippen LogP contribution in [0.25, 0.3) is 0 Å². The maximum absolute atomic E-state index is 12.9. The Balaban J connectivity index is 3.01. The molecule has 0 atom stereocenters. The lowest BCUT2D eigenvalue weighted by Crippen LogP contribution is -2.00. The Morgan fingerprint density at radius 1 is 1.15 bits per heavy atom. The number of rotatable bonds is 2. The molecule has 0 fully saturated rings. The molecule has 0 N–H and O–H groups in total. The monoisotopic (exact) mass is 256 g/mol. The van der Waals surface area contributed by atoms with Crippen molar-refractivity contribution in [2.45, 2.75) is 12.8 Å².